The number of amides is 1. The maximum Gasteiger partial charge on any atom is 0.416 e. The lowest BCUT2D eigenvalue weighted by atomic mass is 10.1. The summed E-state index contributed by atoms with van der Waals surface area (Å²) in [7, 11) is 1.59. The van der Waals surface area contributed by atoms with Gasteiger partial charge in [-0.2, -0.15) is 13.2 Å². The summed E-state index contributed by atoms with van der Waals surface area (Å²) in [4.78, 5) is 22.9. The molecular weight excluding hydrogens is 339 g/mol. The van der Waals surface area contributed by atoms with Crippen molar-refractivity contribution in [2.24, 2.45) is 0 Å². The Kier molecular flexibility index (Phi) is 4.96. The van der Waals surface area contributed by atoms with Crippen LogP contribution in [0, 0.1) is 10.1 Å². The van der Waals surface area contributed by atoms with Gasteiger partial charge in [-0.1, -0.05) is 0 Å². The van der Waals surface area contributed by atoms with Crippen LogP contribution < -0.4 is 10.2 Å². The molecular formula is C16H14F3N3O3. The first kappa shape index (κ1) is 18.2. The molecule has 1 N–H and O–H groups in total. The Morgan fingerprint density at radius 1 is 1.16 bits per heavy atom. The van der Waals surface area contributed by atoms with E-state index in [0.29, 0.717) is 17.4 Å². The van der Waals surface area contributed by atoms with Gasteiger partial charge in [0.25, 0.3) is 5.69 Å². The third-order valence-corrected chi connectivity index (χ3v) is 3.53. The normalized spacial score (nSPS) is 11.1. The number of benzene rings is 2. The van der Waals surface area contributed by atoms with Gasteiger partial charge in [-0.15, -0.1) is 0 Å². The third kappa shape index (κ3) is 4.25. The molecule has 0 heterocycles. The van der Waals surface area contributed by atoms with Gasteiger partial charge in [0, 0.05) is 31.4 Å². The molecule has 0 fully saturated rings. The van der Waals surface area contributed by atoms with E-state index in [1.807, 2.05) is 0 Å². The summed E-state index contributed by atoms with van der Waals surface area (Å²) in [6.07, 6.45) is -4.66. The Bertz CT molecular complexity index is 805. The maximum atomic E-state index is 12.7. The Labute approximate surface area is 141 Å². The molecule has 2 aromatic carbocycles. The Morgan fingerprint density at radius 3 is 2.24 bits per heavy atom. The van der Waals surface area contributed by atoms with Crippen molar-refractivity contribution in [3.63, 3.8) is 0 Å². The van der Waals surface area contributed by atoms with Crippen LogP contribution in [-0.2, 0) is 11.0 Å². The SMILES string of the molecule is CC(=O)N(C)c1ccc(Nc2ccc(C(F)(F)F)cc2[N+](=O)[O-])cc1. The van der Waals surface area contributed by atoms with E-state index >= 15 is 0 Å². The molecule has 0 spiro atoms. The number of rotatable bonds is 4. The Hall–Kier alpha value is -3.10. The molecule has 0 saturated heterocycles. The zero-order valence-electron chi connectivity index (χ0n) is 13.3. The molecule has 0 aliphatic heterocycles. The Balaban J connectivity index is 2.31. The van der Waals surface area contributed by atoms with Crippen LogP contribution in [0.5, 0.6) is 0 Å². The van der Waals surface area contributed by atoms with Crippen LogP contribution in [0.1, 0.15) is 12.5 Å². The first-order chi connectivity index (χ1) is 11.6. The second-order valence-corrected chi connectivity index (χ2v) is 5.24. The summed E-state index contributed by atoms with van der Waals surface area (Å²) in [6, 6.07) is 8.62. The fourth-order valence-corrected chi connectivity index (χ4v) is 2.07. The minimum Gasteiger partial charge on any atom is -0.350 e. The van der Waals surface area contributed by atoms with Crippen molar-refractivity contribution in [1.82, 2.24) is 0 Å². The third-order valence-electron chi connectivity index (χ3n) is 3.53. The van der Waals surface area contributed by atoms with Crippen LogP contribution in [0.4, 0.5) is 35.9 Å². The standard InChI is InChI=1S/C16H14F3N3O3/c1-10(23)21(2)13-6-4-12(5-7-13)20-14-8-3-11(16(17,18)19)9-15(14)22(24)25/h3-9,20H,1-2H3. The van der Waals surface area contributed by atoms with Crippen molar-refractivity contribution < 1.29 is 22.9 Å². The number of carbonyl (C=O) groups is 1. The van der Waals surface area contributed by atoms with Crippen molar-refractivity contribution >= 4 is 28.7 Å². The van der Waals surface area contributed by atoms with Gasteiger partial charge in [0.05, 0.1) is 10.5 Å². The first-order valence-corrected chi connectivity index (χ1v) is 7.06. The average Bonchev–Trinajstić information content (AvgIpc) is 2.54. The zero-order chi connectivity index (χ0) is 18.8. The number of hydrogen-bond acceptors (Lipinski definition) is 4. The molecule has 0 aromatic heterocycles. The van der Waals surface area contributed by atoms with Gasteiger partial charge in [-0.25, -0.2) is 0 Å². The summed E-state index contributed by atoms with van der Waals surface area (Å²) in [5.74, 6) is -0.168. The predicted molar refractivity (Wildman–Crippen MR) is 86.9 cm³/mol. The van der Waals surface area contributed by atoms with Gasteiger partial charge in [-0.05, 0) is 36.4 Å². The molecule has 0 unspecified atom stereocenters. The van der Waals surface area contributed by atoms with Crippen molar-refractivity contribution in [3.8, 4) is 0 Å². The number of carbonyl (C=O) groups excluding carboxylic acids is 1. The molecule has 0 radical (unpaired) electrons. The van der Waals surface area contributed by atoms with E-state index in [9.17, 15) is 28.1 Å². The highest BCUT2D eigenvalue weighted by Crippen LogP contribution is 2.36. The average molecular weight is 353 g/mol. The number of nitro groups is 1. The van der Waals surface area contributed by atoms with Crippen LogP contribution in [0.15, 0.2) is 42.5 Å². The van der Waals surface area contributed by atoms with Gasteiger partial charge in [-0.3, -0.25) is 14.9 Å². The lowest BCUT2D eigenvalue weighted by molar-refractivity contribution is -0.384. The van der Waals surface area contributed by atoms with Crippen LogP contribution in [-0.4, -0.2) is 17.9 Å². The topological polar surface area (TPSA) is 75.5 Å². The van der Waals surface area contributed by atoms with Crippen LogP contribution in [0.3, 0.4) is 0 Å². The molecule has 25 heavy (non-hydrogen) atoms. The number of anilines is 3. The fourth-order valence-electron chi connectivity index (χ4n) is 2.07. The molecule has 0 bridgehead atoms. The molecule has 1 amide bonds. The van der Waals surface area contributed by atoms with Crippen LogP contribution in [0.25, 0.3) is 0 Å². The summed E-state index contributed by atoms with van der Waals surface area (Å²) in [5.41, 5.74) is -0.794. The number of alkyl halides is 3. The fraction of sp³-hybridized carbons (Fsp3) is 0.188. The Morgan fingerprint density at radius 2 is 1.76 bits per heavy atom. The molecule has 2 aromatic rings. The second-order valence-electron chi connectivity index (χ2n) is 5.24. The highest BCUT2D eigenvalue weighted by Gasteiger charge is 2.33. The lowest BCUT2D eigenvalue weighted by Crippen LogP contribution is -2.22. The van der Waals surface area contributed by atoms with Gasteiger partial charge in [0.2, 0.25) is 5.91 Å². The maximum absolute atomic E-state index is 12.7. The number of halogens is 3. The smallest absolute Gasteiger partial charge is 0.350 e. The quantitative estimate of drug-likeness (QED) is 0.655. The van der Waals surface area contributed by atoms with Crippen LogP contribution in [0.2, 0.25) is 0 Å². The monoisotopic (exact) mass is 353 g/mol. The summed E-state index contributed by atoms with van der Waals surface area (Å²) >= 11 is 0. The van der Waals surface area contributed by atoms with Gasteiger partial charge >= 0.3 is 6.18 Å². The van der Waals surface area contributed by atoms with E-state index in [4.69, 9.17) is 0 Å². The minimum absolute atomic E-state index is 0.0642. The van der Waals surface area contributed by atoms with Crippen molar-refractivity contribution in [2.75, 3.05) is 17.3 Å². The number of nitrogens with one attached hydrogen (secondary N) is 1. The van der Waals surface area contributed by atoms with E-state index in [0.717, 1.165) is 12.1 Å². The van der Waals surface area contributed by atoms with Crippen molar-refractivity contribution in [1.29, 1.82) is 0 Å². The lowest BCUT2D eigenvalue weighted by Gasteiger charge is -2.16. The molecule has 132 valence electrons. The van der Waals surface area contributed by atoms with E-state index in [2.05, 4.69) is 5.32 Å². The van der Waals surface area contributed by atoms with Crippen molar-refractivity contribution in [2.45, 2.75) is 13.1 Å². The van der Waals surface area contributed by atoms with E-state index in [-0.39, 0.29) is 11.6 Å². The molecule has 0 atom stereocenters. The number of nitro benzene ring substituents is 1. The van der Waals surface area contributed by atoms with Crippen molar-refractivity contribution in [3.05, 3.63) is 58.1 Å². The van der Waals surface area contributed by atoms with E-state index < -0.39 is 22.4 Å². The molecule has 0 aliphatic rings. The van der Waals surface area contributed by atoms with E-state index in [1.54, 1.807) is 31.3 Å². The summed E-state index contributed by atoms with van der Waals surface area (Å²) in [5, 5.41) is 13.8. The summed E-state index contributed by atoms with van der Waals surface area (Å²) < 4.78 is 38.1. The van der Waals surface area contributed by atoms with E-state index in [1.165, 1.54) is 11.8 Å². The van der Waals surface area contributed by atoms with Gasteiger partial charge < -0.3 is 10.2 Å². The zero-order valence-corrected chi connectivity index (χ0v) is 13.3. The number of hydrogen-bond donors (Lipinski definition) is 1. The van der Waals surface area contributed by atoms with Gasteiger partial charge in [0.1, 0.15) is 5.69 Å². The highest BCUT2D eigenvalue weighted by molar-refractivity contribution is 5.91. The van der Waals surface area contributed by atoms with Gasteiger partial charge in [0.15, 0.2) is 0 Å². The summed E-state index contributed by atoms with van der Waals surface area (Å²) in [6.45, 7) is 1.40. The minimum atomic E-state index is -4.66. The molecule has 9 heteroatoms. The molecule has 6 nitrogen and oxygen atoms in total. The predicted octanol–water partition coefficient (Wildman–Crippen LogP) is 4.34. The molecule has 2 rings (SSSR count). The van der Waals surface area contributed by atoms with Crippen LogP contribution >= 0.6 is 0 Å². The highest BCUT2D eigenvalue weighted by atomic mass is 19.4. The second kappa shape index (κ2) is 6.80. The molecule has 0 aliphatic carbocycles. The largest absolute Gasteiger partial charge is 0.416 e. The number of nitrogens with zero attached hydrogens (tertiary/aromatic N) is 2. The molecule has 0 saturated carbocycles. The first-order valence-electron chi connectivity index (χ1n) is 7.06.